The van der Waals surface area contributed by atoms with Gasteiger partial charge in [-0.25, -0.2) is 4.68 Å². The van der Waals surface area contributed by atoms with Gasteiger partial charge in [0.2, 0.25) is 5.88 Å². The molecule has 17 heavy (non-hydrogen) atoms. The van der Waals surface area contributed by atoms with Crippen LogP contribution in [0.25, 0.3) is 10.9 Å². The van der Waals surface area contributed by atoms with E-state index in [1.54, 1.807) is 16.8 Å². The molecule has 5 heteroatoms. The van der Waals surface area contributed by atoms with Gasteiger partial charge in [0.05, 0.1) is 17.5 Å². The fourth-order valence-electron chi connectivity index (χ4n) is 1.69. The third-order valence-corrected chi connectivity index (χ3v) is 2.54. The van der Waals surface area contributed by atoms with Gasteiger partial charge in [0.15, 0.2) is 5.78 Å². The van der Waals surface area contributed by atoms with Crippen LogP contribution in [0.5, 0.6) is 5.88 Å². The van der Waals surface area contributed by atoms with E-state index < -0.39 is 0 Å². The summed E-state index contributed by atoms with van der Waals surface area (Å²) in [4.78, 5) is 11.2. The van der Waals surface area contributed by atoms with Crippen molar-refractivity contribution in [2.24, 2.45) is 0 Å². The summed E-state index contributed by atoms with van der Waals surface area (Å²) in [6.45, 7) is 4.14. The molecule has 0 bridgehead atoms. The third-order valence-electron chi connectivity index (χ3n) is 2.31. The maximum atomic E-state index is 11.2. The van der Waals surface area contributed by atoms with Crippen LogP contribution >= 0.6 is 11.6 Å². The minimum Gasteiger partial charge on any atom is -0.478 e. The van der Waals surface area contributed by atoms with Crippen molar-refractivity contribution in [3.8, 4) is 5.88 Å². The summed E-state index contributed by atoms with van der Waals surface area (Å²) in [5.41, 5.74) is 0.777. The van der Waals surface area contributed by atoms with Crippen molar-refractivity contribution >= 4 is 28.3 Å². The van der Waals surface area contributed by atoms with Gasteiger partial charge in [0, 0.05) is 5.02 Å². The number of carbonyl (C=O) groups excluding carboxylic acids is 1. The second kappa shape index (κ2) is 4.75. The van der Waals surface area contributed by atoms with Crippen molar-refractivity contribution in [2.45, 2.75) is 20.4 Å². The summed E-state index contributed by atoms with van der Waals surface area (Å²) >= 11 is 5.95. The molecule has 2 rings (SSSR count). The Bertz CT molecular complexity index is 563. The van der Waals surface area contributed by atoms with Crippen LogP contribution in [0.15, 0.2) is 18.2 Å². The smallest absolute Gasteiger partial charge is 0.220 e. The van der Waals surface area contributed by atoms with Crippen molar-refractivity contribution in [2.75, 3.05) is 6.61 Å². The number of Topliss-reactive ketones (excluding diaryl/α,β-unsaturated/α-hetero) is 1. The second-order valence-corrected chi connectivity index (χ2v) is 4.20. The van der Waals surface area contributed by atoms with E-state index in [1.165, 1.54) is 6.92 Å². The Morgan fingerprint density at radius 1 is 1.53 bits per heavy atom. The first kappa shape index (κ1) is 11.9. The quantitative estimate of drug-likeness (QED) is 0.840. The number of fused-ring (bicyclic) bond motifs is 1. The Hall–Kier alpha value is -1.55. The van der Waals surface area contributed by atoms with Crippen LogP contribution in [0.4, 0.5) is 0 Å². The predicted molar refractivity (Wildman–Crippen MR) is 66.6 cm³/mol. The van der Waals surface area contributed by atoms with Crippen LogP contribution in [-0.2, 0) is 11.3 Å². The van der Waals surface area contributed by atoms with E-state index in [0.717, 1.165) is 10.9 Å². The van der Waals surface area contributed by atoms with E-state index in [-0.39, 0.29) is 12.3 Å². The Labute approximate surface area is 104 Å². The highest BCUT2D eigenvalue weighted by molar-refractivity contribution is 6.31. The molecule has 1 aromatic heterocycles. The first-order valence-electron chi connectivity index (χ1n) is 5.40. The Morgan fingerprint density at radius 2 is 2.29 bits per heavy atom. The zero-order chi connectivity index (χ0) is 12.4. The van der Waals surface area contributed by atoms with E-state index in [9.17, 15) is 4.79 Å². The lowest BCUT2D eigenvalue weighted by Crippen LogP contribution is -2.10. The van der Waals surface area contributed by atoms with Crippen molar-refractivity contribution in [3.05, 3.63) is 23.2 Å². The highest BCUT2D eigenvalue weighted by atomic mass is 35.5. The Morgan fingerprint density at radius 3 is 2.94 bits per heavy atom. The topological polar surface area (TPSA) is 44.1 Å². The van der Waals surface area contributed by atoms with Crippen LogP contribution in [-0.4, -0.2) is 22.2 Å². The van der Waals surface area contributed by atoms with E-state index in [4.69, 9.17) is 16.3 Å². The van der Waals surface area contributed by atoms with Gasteiger partial charge >= 0.3 is 0 Å². The van der Waals surface area contributed by atoms with Gasteiger partial charge in [-0.2, -0.15) is 5.10 Å². The molecule has 1 aromatic carbocycles. The zero-order valence-electron chi connectivity index (χ0n) is 9.74. The van der Waals surface area contributed by atoms with E-state index >= 15 is 0 Å². The monoisotopic (exact) mass is 252 g/mol. The number of ether oxygens (including phenoxy) is 1. The lowest BCUT2D eigenvalue weighted by Gasteiger charge is -2.05. The third kappa shape index (κ3) is 2.42. The molecule has 0 amide bonds. The molecular weight excluding hydrogens is 240 g/mol. The first-order valence-corrected chi connectivity index (χ1v) is 5.78. The number of carbonyl (C=O) groups is 1. The molecule has 2 aromatic rings. The number of ketones is 1. The van der Waals surface area contributed by atoms with Gasteiger partial charge < -0.3 is 4.74 Å². The van der Waals surface area contributed by atoms with Crippen LogP contribution in [0, 0.1) is 0 Å². The molecule has 0 atom stereocenters. The summed E-state index contributed by atoms with van der Waals surface area (Å²) in [5, 5.41) is 5.78. The standard InChI is InChI=1S/C12H13ClN2O2/c1-3-17-12-10-6-9(13)4-5-11(10)14-15(12)7-8(2)16/h4-6H,3,7H2,1-2H3. The van der Waals surface area contributed by atoms with Crippen molar-refractivity contribution < 1.29 is 9.53 Å². The van der Waals surface area contributed by atoms with E-state index in [0.29, 0.717) is 17.5 Å². The molecule has 0 spiro atoms. The minimum absolute atomic E-state index is 0.0323. The van der Waals surface area contributed by atoms with Crippen molar-refractivity contribution in [1.82, 2.24) is 9.78 Å². The summed E-state index contributed by atoms with van der Waals surface area (Å²) in [5.74, 6) is 0.630. The molecular formula is C12H13ClN2O2. The predicted octanol–water partition coefficient (Wildman–Crippen LogP) is 2.68. The second-order valence-electron chi connectivity index (χ2n) is 3.76. The maximum absolute atomic E-state index is 11.2. The molecule has 0 unspecified atom stereocenters. The molecule has 0 fully saturated rings. The van der Waals surface area contributed by atoms with Crippen LogP contribution < -0.4 is 4.74 Å². The van der Waals surface area contributed by atoms with Gasteiger partial charge in [0.25, 0.3) is 0 Å². The van der Waals surface area contributed by atoms with Gasteiger partial charge in [-0.3, -0.25) is 4.79 Å². The van der Waals surface area contributed by atoms with E-state index in [1.807, 2.05) is 13.0 Å². The Kier molecular flexibility index (Phi) is 3.33. The SMILES string of the molecule is CCOc1c2cc(Cl)ccc2nn1CC(C)=O. The average molecular weight is 253 g/mol. The number of aromatic nitrogens is 2. The number of hydrogen-bond acceptors (Lipinski definition) is 3. The summed E-state index contributed by atoms with van der Waals surface area (Å²) < 4.78 is 7.11. The lowest BCUT2D eigenvalue weighted by atomic mass is 10.2. The van der Waals surface area contributed by atoms with Gasteiger partial charge in [-0.1, -0.05) is 11.6 Å². The highest BCUT2D eigenvalue weighted by Crippen LogP contribution is 2.28. The first-order chi connectivity index (χ1) is 8.11. The molecule has 0 aliphatic rings. The fourth-order valence-corrected chi connectivity index (χ4v) is 1.86. The number of halogens is 1. The molecule has 90 valence electrons. The number of hydrogen-bond donors (Lipinski definition) is 0. The largest absolute Gasteiger partial charge is 0.478 e. The summed E-state index contributed by atoms with van der Waals surface area (Å²) in [6.07, 6.45) is 0. The van der Waals surface area contributed by atoms with Crippen LogP contribution in [0.2, 0.25) is 5.02 Å². The zero-order valence-corrected chi connectivity index (χ0v) is 10.5. The lowest BCUT2D eigenvalue weighted by molar-refractivity contribution is -0.117. The van der Waals surface area contributed by atoms with Gasteiger partial charge in [-0.15, -0.1) is 0 Å². The molecule has 0 N–H and O–H groups in total. The van der Waals surface area contributed by atoms with Crippen molar-refractivity contribution in [3.63, 3.8) is 0 Å². The van der Waals surface area contributed by atoms with Gasteiger partial charge in [-0.05, 0) is 32.0 Å². The Balaban J connectivity index is 2.58. The van der Waals surface area contributed by atoms with Crippen LogP contribution in [0.3, 0.4) is 0 Å². The van der Waals surface area contributed by atoms with Crippen molar-refractivity contribution in [1.29, 1.82) is 0 Å². The van der Waals surface area contributed by atoms with Gasteiger partial charge in [0.1, 0.15) is 6.54 Å². The molecule has 0 saturated carbocycles. The number of nitrogens with zero attached hydrogens (tertiary/aromatic N) is 2. The molecule has 0 saturated heterocycles. The minimum atomic E-state index is 0.0323. The molecule has 0 aliphatic heterocycles. The molecule has 1 heterocycles. The highest BCUT2D eigenvalue weighted by Gasteiger charge is 2.13. The molecule has 4 nitrogen and oxygen atoms in total. The van der Waals surface area contributed by atoms with E-state index in [2.05, 4.69) is 5.10 Å². The fraction of sp³-hybridized carbons (Fsp3) is 0.333. The average Bonchev–Trinajstić information content (AvgIpc) is 2.57. The van der Waals surface area contributed by atoms with Crippen LogP contribution in [0.1, 0.15) is 13.8 Å². The summed E-state index contributed by atoms with van der Waals surface area (Å²) in [6, 6.07) is 5.38. The number of benzene rings is 1. The maximum Gasteiger partial charge on any atom is 0.220 e. The normalized spacial score (nSPS) is 10.8. The molecule has 0 aliphatic carbocycles. The summed E-state index contributed by atoms with van der Waals surface area (Å²) in [7, 11) is 0. The number of rotatable bonds is 4. The molecule has 0 radical (unpaired) electrons.